The molecule has 1 N–H and O–H groups in total. The highest BCUT2D eigenvalue weighted by Gasteiger charge is 2.33. The molecule has 0 bridgehead atoms. The van der Waals surface area contributed by atoms with Crippen LogP contribution in [-0.4, -0.2) is 31.9 Å². The van der Waals surface area contributed by atoms with Crippen LogP contribution in [0, 0.1) is 0 Å². The second kappa shape index (κ2) is 13.0. The van der Waals surface area contributed by atoms with Crippen LogP contribution in [0.4, 0.5) is 0 Å². The Balaban J connectivity index is 1.45. The average Bonchev–Trinajstić information content (AvgIpc) is 3.00. The van der Waals surface area contributed by atoms with E-state index < -0.39 is 17.3 Å². The lowest BCUT2D eigenvalue weighted by Crippen LogP contribution is -2.22. The highest BCUT2D eigenvalue weighted by Crippen LogP contribution is 2.46. The molecule has 0 saturated heterocycles. The van der Waals surface area contributed by atoms with Gasteiger partial charge in [-0.05, 0) is 41.8 Å². The van der Waals surface area contributed by atoms with Gasteiger partial charge in [-0.15, -0.1) is 0 Å². The van der Waals surface area contributed by atoms with E-state index in [0.29, 0.717) is 29.2 Å². The molecular formula is C34H36O8. The quantitative estimate of drug-likeness (QED) is 0.107. The van der Waals surface area contributed by atoms with Gasteiger partial charge in [-0.2, -0.15) is 0 Å². The summed E-state index contributed by atoms with van der Waals surface area (Å²) in [6.07, 6.45) is 8.58. The van der Waals surface area contributed by atoms with E-state index in [0.717, 1.165) is 24.2 Å². The van der Waals surface area contributed by atoms with Gasteiger partial charge in [0.05, 0.1) is 32.8 Å². The number of carbonyl (C=O) groups is 1. The van der Waals surface area contributed by atoms with Crippen LogP contribution in [0.2, 0.25) is 0 Å². The van der Waals surface area contributed by atoms with Gasteiger partial charge in [0.25, 0.3) is 0 Å². The molecule has 8 nitrogen and oxygen atoms in total. The number of phenolic OH excluding ortho intramolecular Hbond substituents is 1. The number of benzene rings is 3. The van der Waals surface area contributed by atoms with Crippen LogP contribution in [0.15, 0.2) is 64.0 Å². The van der Waals surface area contributed by atoms with Gasteiger partial charge in [-0.25, -0.2) is 0 Å². The third-order valence-corrected chi connectivity index (χ3v) is 7.71. The highest BCUT2D eigenvalue weighted by atomic mass is 16.5. The zero-order valence-electron chi connectivity index (χ0n) is 24.2. The van der Waals surface area contributed by atoms with Crippen molar-refractivity contribution in [3.63, 3.8) is 0 Å². The normalized spacial score (nSPS) is 14.4. The van der Waals surface area contributed by atoms with Crippen molar-refractivity contribution in [1.82, 2.24) is 0 Å². The standard InChI is InChI=1S/C34H36O8/c1-4-5-6-7-8-9-16-40-23-13-10-21(11-14-23)24-18-30(36)42-29-19-26(35)32-33(37)25(20-41-34(32)31(24)29)22-12-15-27(38-2)28(17-22)39-3/h10-15,17,19-20,24,35H,4-9,16,18H2,1-3H3/t24-/m0/s1. The van der Waals surface area contributed by atoms with Crippen molar-refractivity contribution in [2.75, 3.05) is 20.8 Å². The Hall–Kier alpha value is -4.46. The smallest absolute Gasteiger partial charge is 0.312 e. The average molecular weight is 573 g/mol. The number of hydrogen-bond acceptors (Lipinski definition) is 8. The summed E-state index contributed by atoms with van der Waals surface area (Å²) < 4.78 is 28.2. The molecule has 220 valence electrons. The van der Waals surface area contributed by atoms with Gasteiger partial charge in [-0.3, -0.25) is 9.59 Å². The number of fused-ring (bicyclic) bond motifs is 3. The van der Waals surface area contributed by atoms with E-state index in [4.69, 9.17) is 23.4 Å². The molecule has 0 unspecified atom stereocenters. The predicted octanol–water partition coefficient (Wildman–Crippen LogP) is 7.36. The van der Waals surface area contributed by atoms with Crippen LogP contribution < -0.4 is 24.4 Å². The van der Waals surface area contributed by atoms with E-state index in [-0.39, 0.29) is 34.5 Å². The fourth-order valence-electron chi connectivity index (χ4n) is 5.49. The second-order valence-electron chi connectivity index (χ2n) is 10.5. The minimum absolute atomic E-state index is 0.0166. The summed E-state index contributed by atoms with van der Waals surface area (Å²) in [7, 11) is 3.04. The second-order valence-corrected chi connectivity index (χ2v) is 10.5. The largest absolute Gasteiger partial charge is 0.507 e. The van der Waals surface area contributed by atoms with E-state index in [1.54, 1.807) is 18.2 Å². The fraction of sp³-hybridized carbons (Fsp3) is 0.353. The summed E-state index contributed by atoms with van der Waals surface area (Å²) in [6.45, 7) is 2.86. The molecule has 3 aromatic carbocycles. The van der Waals surface area contributed by atoms with Gasteiger partial charge >= 0.3 is 5.97 Å². The Kier molecular flexibility index (Phi) is 9.00. The van der Waals surface area contributed by atoms with Crippen molar-refractivity contribution in [3.8, 4) is 39.9 Å². The maximum atomic E-state index is 13.7. The van der Waals surface area contributed by atoms with Gasteiger partial charge in [0.2, 0.25) is 5.43 Å². The predicted molar refractivity (Wildman–Crippen MR) is 160 cm³/mol. The summed E-state index contributed by atoms with van der Waals surface area (Å²) >= 11 is 0. The summed E-state index contributed by atoms with van der Waals surface area (Å²) in [6, 6.07) is 14.0. The van der Waals surface area contributed by atoms with Gasteiger partial charge in [-0.1, -0.05) is 57.2 Å². The van der Waals surface area contributed by atoms with Crippen LogP contribution >= 0.6 is 0 Å². The first-order valence-electron chi connectivity index (χ1n) is 14.4. The number of esters is 1. The molecule has 0 aliphatic carbocycles. The van der Waals surface area contributed by atoms with Gasteiger partial charge < -0.3 is 28.5 Å². The molecule has 0 amide bonds. The minimum Gasteiger partial charge on any atom is -0.507 e. The molecule has 0 radical (unpaired) electrons. The van der Waals surface area contributed by atoms with Crippen molar-refractivity contribution >= 4 is 16.9 Å². The Labute approximate surface area is 244 Å². The van der Waals surface area contributed by atoms with E-state index in [2.05, 4.69) is 6.92 Å². The maximum Gasteiger partial charge on any atom is 0.312 e. The first-order valence-corrected chi connectivity index (χ1v) is 14.4. The number of unbranched alkanes of at least 4 members (excludes halogenated alkanes) is 5. The number of carbonyl (C=O) groups excluding carboxylic acids is 1. The van der Waals surface area contributed by atoms with Crippen LogP contribution in [-0.2, 0) is 4.79 Å². The Morgan fingerprint density at radius 1 is 0.905 bits per heavy atom. The van der Waals surface area contributed by atoms with E-state index in [1.165, 1.54) is 52.2 Å². The number of rotatable bonds is 12. The molecule has 2 heterocycles. The molecule has 4 aromatic rings. The fourth-order valence-corrected chi connectivity index (χ4v) is 5.49. The van der Waals surface area contributed by atoms with Crippen molar-refractivity contribution in [2.45, 2.75) is 57.8 Å². The summed E-state index contributed by atoms with van der Waals surface area (Å²) in [4.78, 5) is 26.3. The monoisotopic (exact) mass is 572 g/mol. The molecule has 1 aromatic heterocycles. The van der Waals surface area contributed by atoms with Crippen LogP contribution in [0.1, 0.15) is 68.9 Å². The lowest BCUT2D eigenvalue weighted by Gasteiger charge is -2.26. The van der Waals surface area contributed by atoms with E-state index in [1.807, 2.05) is 24.3 Å². The van der Waals surface area contributed by atoms with E-state index in [9.17, 15) is 14.7 Å². The SMILES string of the molecule is CCCCCCCCOc1ccc([C@@H]2CC(=O)Oc3cc(O)c4c(=O)c(-c5ccc(OC)c(OC)c5)coc4c32)cc1. The summed E-state index contributed by atoms with van der Waals surface area (Å²) in [5.41, 5.74) is 1.94. The van der Waals surface area contributed by atoms with Gasteiger partial charge in [0, 0.05) is 17.5 Å². The molecule has 42 heavy (non-hydrogen) atoms. The molecule has 0 spiro atoms. The van der Waals surface area contributed by atoms with Crippen LogP contribution in [0.5, 0.6) is 28.7 Å². The number of ether oxygens (including phenoxy) is 4. The third kappa shape index (κ3) is 5.93. The summed E-state index contributed by atoms with van der Waals surface area (Å²) in [5, 5.41) is 10.9. The Morgan fingerprint density at radius 3 is 2.38 bits per heavy atom. The minimum atomic E-state index is -0.438. The number of hydrogen-bond donors (Lipinski definition) is 1. The number of phenols is 1. The molecule has 5 rings (SSSR count). The molecule has 0 fully saturated rings. The highest BCUT2D eigenvalue weighted by molar-refractivity contribution is 5.94. The molecule has 8 heteroatoms. The van der Waals surface area contributed by atoms with Crippen LogP contribution in [0.25, 0.3) is 22.1 Å². The first-order chi connectivity index (χ1) is 20.4. The van der Waals surface area contributed by atoms with E-state index >= 15 is 0 Å². The molecule has 0 saturated carbocycles. The molecule has 1 aliphatic heterocycles. The van der Waals surface area contributed by atoms with Crippen molar-refractivity contribution < 1.29 is 33.3 Å². The zero-order chi connectivity index (χ0) is 29.6. The first kappa shape index (κ1) is 29.0. The molecular weight excluding hydrogens is 536 g/mol. The lowest BCUT2D eigenvalue weighted by atomic mass is 9.85. The number of aromatic hydroxyl groups is 1. The van der Waals surface area contributed by atoms with Gasteiger partial charge in [0.15, 0.2) is 11.5 Å². The van der Waals surface area contributed by atoms with Crippen molar-refractivity contribution in [2.24, 2.45) is 0 Å². The molecule has 1 atom stereocenters. The van der Waals surface area contributed by atoms with Crippen molar-refractivity contribution in [3.05, 3.63) is 76.1 Å². The maximum absolute atomic E-state index is 13.7. The van der Waals surface area contributed by atoms with Crippen LogP contribution in [0.3, 0.4) is 0 Å². The summed E-state index contributed by atoms with van der Waals surface area (Å²) in [5.74, 6) is 0.708. The molecule has 1 aliphatic rings. The number of methoxy groups -OCH3 is 2. The topological polar surface area (TPSA) is 104 Å². The Morgan fingerprint density at radius 2 is 1.64 bits per heavy atom. The zero-order valence-corrected chi connectivity index (χ0v) is 24.2. The van der Waals surface area contributed by atoms with Crippen molar-refractivity contribution in [1.29, 1.82) is 0 Å². The lowest BCUT2D eigenvalue weighted by molar-refractivity contribution is -0.135. The third-order valence-electron chi connectivity index (χ3n) is 7.71. The Bertz CT molecular complexity index is 1620. The van der Waals surface area contributed by atoms with Gasteiger partial charge in [0.1, 0.15) is 34.5 Å².